The summed E-state index contributed by atoms with van der Waals surface area (Å²) in [5, 5.41) is 22.5. The highest BCUT2D eigenvalue weighted by molar-refractivity contribution is 6.00. The molecule has 3 rings (SSSR count). The Kier molecular flexibility index (Phi) is 5.04. The van der Waals surface area contributed by atoms with E-state index in [-0.39, 0.29) is 16.8 Å². The first-order valence-corrected chi connectivity index (χ1v) is 8.51. The Bertz CT molecular complexity index is 1140. The minimum absolute atomic E-state index is 0.108. The predicted octanol–water partition coefficient (Wildman–Crippen LogP) is 4.54. The van der Waals surface area contributed by atoms with Gasteiger partial charge in [0.05, 0.1) is 5.56 Å². The maximum absolute atomic E-state index is 11.9. The molecule has 1 heterocycles. The van der Waals surface area contributed by atoms with Crippen LogP contribution in [-0.4, -0.2) is 23.2 Å². The van der Waals surface area contributed by atoms with Crippen molar-refractivity contribution in [3.05, 3.63) is 81.9 Å². The second-order valence-corrected chi connectivity index (χ2v) is 6.21. The second kappa shape index (κ2) is 7.44. The summed E-state index contributed by atoms with van der Waals surface area (Å²) in [6.45, 7) is 5.27. The number of benzene rings is 2. The van der Waals surface area contributed by atoms with E-state index in [1.165, 1.54) is 24.3 Å². The number of carboxylic acid groups (broad SMARTS) is 1. The van der Waals surface area contributed by atoms with Crippen molar-refractivity contribution in [1.82, 2.24) is 0 Å². The van der Waals surface area contributed by atoms with Gasteiger partial charge in [0.15, 0.2) is 5.43 Å². The molecular weight excluding hydrogens is 358 g/mol. The fourth-order valence-electron chi connectivity index (χ4n) is 3.09. The molecule has 0 bridgehead atoms. The Morgan fingerprint density at radius 3 is 2.50 bits per heavy atom. The quantitative estimate of drug-likeness (QED) is 0.446. The Labute approximate surface area is 161 Å². The van der Waals surface area contributed by atoms with E-state index >= 15 is 0 Å². The van der Waals surface area contributed by atoms with E-state index in [9.17, 15) is 19.8 Å². The SMILES string of the molecule is C=C/C(O)=C\c1oc2cc(=O)ccc-2c(-c2ccc(NC)cc2C(=O)O)c1C. The van der Waals surface area contributed by atoms with Crippen LogP contribution in [0.4, 0.5) is 5.69 Å². The van der Waals surface area contributed by atoms with Crippen molar-refractivity contribution in [2.24, 2.45) is 0 Å². The Balaban J connectivity index is 2.44. The average molecular weight is 377 g/mol. The third kappa shape index (κ3) is 3.40. The minimum Gasteiger partial charge on any atom is -0.508 e. The predicted molar refractivity (Wildman–Crippen MR) is 109 cm³/mol. The molecule has 1 aromatic rings. The third-order valence-corrected chi connectivity index (χ3v) is 4.48. The van der Waals surface area contributed by atoms with Crippen LogP contribution in [0.5, 0.6) is 0 Å². The molecule has 0 atom stereocenters. The molecule has 1 aliphatic heterocycles. The van der Waals surface area contributed by atoms with Crippen LogP contribution in [0, 0.1) is 6.92 Å². The van der Waals surface area contributed by atoms with Crippen molar-refractivity contribution in [2.75, 3.05) is 12.4 Å². The van der Waals surface area contributed by atoms with Crippen molar-refractivity contribution in [3.8, 4) is 22.5 Å². The van der Waals surface area contributed by atoms with Crippen molar-refractivity contribution in [2.45, 2.75) is 6.92 Å². The zero-order valence-corrected chi connectivity index (χ0v) is 15.4. The topological polar surface area (TPSA) is 99.8 Å². The van der Waals surface area contributed by atoms with E-state index in [0.717, 1.165) is 0 Å². The first kappa shape index (κ1) is 19.0. The number of aliphatic hydroxyl groups is 1. The number of fused-ring (bicyclic) bond motifs is 1. The molecule has 142 valence electrons. The molecule has 0 saturated carbocycles. The van der Waals surface area contributed by atoms with Gasteiger partial charge in [-0.15, -0.1) is 0 Å². The van der Waals surface area contributed by atoms with Crippen LogP contribution in [0.2, 0.25) is 0 Å². The number of carbonyl (C=O) groups is 1. The monoisotopic (exact) mass is 377 g/mol. The number of hydrogen-bond acceptors (Lipinski definition) is 5. The number of rotatable bonds is 5. The average Bonchev–Trinajstić information content (AvgIpc) is 2.68. The van der Waals surface area contributed by atoms with Gasteiger partial charge in [0.25, 0.3) is 0 Å². The molecule has 1 aromatic carbocycles. The summed E-state index contributed by atoms with van der Waals surface area (Å²) >= 11 is 0. The van der Waals surface area contributed by atoms with Gasteiger partial charge in [-0.3, -0.25) is 4.79 Å². The summed E-state index contributed by atoms with van der Waals surface area (Å²) in [6.07, 6.45) is 2.64. The highest BCUT2D eigenvalue weighted by Crippen LogP contribution is 2.40. The van der Waals surface area contributed by atoms with Gasteiger partial charge >= 0.3 is 5.97 Å². The maximum Gasteiger partial charge on any atom is 0.336 e. The van der Waals surface area contributed by atoms with Gasteiger partial charge in [0.1, 0.15) is 17.3 Å². The van der Waals surface area contributed by atoms with Crippen LogP contribution in [0.1, 0.15) is 21.7 Å². The van der Waals surface area contributed by atoms with Gasteiger partial charge in [0, 0.05) is 41.6 Å². The molecule has 6 heteroatoms. The van der Waals surface area contributed by atoms with Crippen molar-refractivity contribution < 1.29 is 19.4 Å². The minimum atomic E-state index is -1.08. The molecule has 0 aromatic heterocycles. The third-order valence-electron chi connectivity index (χ3n) is 4.48. The molecule has 0 amide bonds. The lowest BCUT2D eigenvalue weighted by atomic mass is 9.89. The van der Waals surface area contributed by atoms with Gasteiger partial charge < -0.3 is 19.9 Å². The lowest BCUT2D eigenvalue weighted by Crippen LogP contribution is -2.06. The summed E-state index contributed by atoms with van der Waals surface area (Å²) in [4.78, 5) is 23.7. The van der Waals surface area contributed by atoms with Crippen LogP contribution < -0.4 is 10.7 Å². The first-order valence-electron chi connectivity index (χ1n) is 8.51. The summed E-state index contributed by atoms with van der Waals surface area (Å²) in [5.74, 6) is -0.587. The molecular formula is C22H19NO5. The molecule has 6 nitrogen and oxygen atoms in total. The number of anilines is 1. The number of allylic oxidation sites excluding steroid dienone is 1. The normalized spacial score (nSPS) is 11.4. The Morgan fingerprint density at radius 2 is 1.86 bits per heavy atom. The maximum atomic E-state index is 11.9. The number of hydrogen-bond donors (Lipinski definition) is 3. The van der Waals surface area contributed by atoms with E-state index in [0.29, 0.717) is 39.5 Å². The highest BCUT2D eigenvalue weighted by atomic mass is 16.4. The van der Waals surface area contributed by atoms with E-state index < -0.39 is 5.97 Å². The van der Waals surface area contributed by atoms with Crippen molar-refractivity contribution in [3.63, 3.8) is 0 Å². The second-order valence-electron chi connectivity index (χ2n) is 6.21. The number of carboxylic acids is 1. The molecule has 0 radical (unpaired) electrons. The Morgan fingerprint density at radius 1 is 1.14 bits per heavy atom. The van der Waals surface area contributed by atoms with Crippen molar-refractivity contribution >= 4 is 17.7 Å². The van der Waals surface area contributed by atoms with Crippen LogP contribution in [0.15, 0.2) is 64.0 Å². The number of aliphatic hydroxyl groups excluding tert-OH is 1. The van der Waals surface area contributed by atoms with Gasteiger partial charge in [-0.05, 0) is 42.8 Å². The molecule has 3 N–H and O–H groups in total. The smallest absolute Gasteiger partial charge is 0.336 e. The van der Waals surface area contributed by atoms with Gasteiger partial charge in [-0.2, -0.15) is 0 Å². The Hall–Kier alpha value is -3.80. The molecule has 1 aliphatic carbocycles. The van der Waals surface area contributed by atoms with Crippen molar-refractivity contribution in [1.29, 1.82) is 0 Å². The van der Waals surface area contributed by atoms with Crippen LogP contribution >= 0.6 is 0 Å². The lowest BCUT2D eigenvalue weighted by molar-refractivity contribution is 0.0697. The van der Waals surface area contributed by atoms with E-state index in [4.69, 9.17) is 4.42 Å². The molecule has 2 aliphatic rings. The summed E-state index contributed by atoms with van der Waals surface area (Å²) in [6, 6.07) is 9.38. The zero-order chi connectivity index (χ0) is 20.4. The van der Waals surface area contributed by atoms with Crippen LogP contribution in [0.3, 0.4) is 0 Å². The van der Waals surface area contributed by atoms with Crippen LogP contribution in [-0.2, 0) is 0 Å². The van der Waals surface area contributed by atoms with Gasteiger partial charge in [0.2, 0.25) is 0 Å². The van der Waals surface area contributed by atoms with E-state index in [2.05, 4.69) is 11.9 Å². The van der Waals surface area contributed by atoms with E-state index in [1.54, 1.807) is 38.2 Å². The summed E-state index contributed by atoms with van der Waals surface area (Å²) in [7, 11) is 1.71. The summed E-state index contributed by atoms with van der Waals surface area (Å²) in [5.41, 5.74) is 2.86. The fourth-order valence-corrected chi connectivity index (χ4v) is 3.09. The molecule has 28 heavy (non-hydrogen) atoms. The molecule has 0 spiro atoms. The zero-order valence-electron chi connectivity index (χ0n) is 15.4. The number of aromatic carboxylic acids is 1. The first-order chi connectivity index (χ1) is 13.3. The van der Waals surface area contributed by atoms with Gasteiger partial charge in [-0.25, -0.2) is 4.79 Å². The lowest BCUT2D eigenvalue weighted by Gasteiger charge is -2.18. The molecule has 0 saturated heterocycles. The standard InChI is InChI=1S/C22H19NO5/c1-4-14(24)10-19-12(2)21(17-8-6-15(25)11-20(17)28-19)16-7-5-13(23-3)9-18(16)22(26)27/h4-11,23-24H,1H2,2-3H3,(H,26,27)/b14-10+. The fraction of sp³-hybridized carbons (Fsp3) is 0.0909. The molecule has 0 unspecified atom stereocenters. The van der Waals surface area contributed by atoms with E-state index in [1.807, 2.05) is 0 Å². The largest absolute Gasteiger partial charge is 0.508 e. The highest BCUT2D eigenvalue weighted by Gasteiger charge is 2.22. The number of nitrogens with one attached hydrogen (secondary N) is 1. The van der Waals surface area contributed by atoms with Crippen LogP contribution in [0.25, 0.3) is 28.5 Å². The molecule has 0 fully saturated rings. The van der Waals surface area contributed by atoms with Gasteiger partial charge in [-0.1, -0.05) is 12.6 Å². The summed E-state index contributed by atoms with van der Waals surface area (Å²) < 4.78 is 5.81.